The first-order valence-electron chi connectivity index (χ1n) is 5.48. The Balaban J connectivity index is 2.49. The molecule has 0 saturated carbocycles. The van der Waals surface area contributed by atoms with Crippen LogP contribution in [-0.4, -0.2) is 43.5 Å². The summed E-state index contributed by atoms with van der Waals surface area (Å²) in [5, 5.41) is 0. The molecule has 0 N–H and O–H groups in total. The first kappa shape index (κ1) is 13.1. The maximum atomic E-state index is 5.19. The third-order valence-corrected chi connectivity index (χ3v) is 2.49. The molecule has 0 aliphatic rings. The lowest BCUT2D eigenvalue weighted by Crippen LogP contribution is -2.34. The molecule has 16 heavy (non-hydrogen) atoms. The first-order chi connectivity index (χ1) is 7.80. The average Bonchev–Trinajstić information content (AvgIpc) is 2.35. The smallest absolute Gasteiger partial charge is 0.169 e. The lowest BCUT2D eigenvalue weighted by molar-refractivity contribution is -0.116. The number of rotatable bonds is 7. The van der Waals surface area contributed by atoms with E-state index in [0.717, 1.165) is 25.3 Å². The summed E-state index contributed by atoms with van der Waals surface area (Å²) < 4.78 is 10.4. The molecule has 0 radical (unpaired) electrons. The van der Waals surface area contributed by atoms with Crippen molar-refractivity contribution >= 4 is 0 Å². The maximum absolute atomic E-state index is 5.19. The number of likely N-dealkylation sites (N-methyl/N-ethyl adjacent to an activating group) is 1. The first-order valence-corrected chi connectivity index (χ1v) is 5.48. The van der Waals surface area contributed by atoms with Crippen LogP contribution < -0.4 is 0 Å². The van der Waals surface area contributed by atoms with Gasteiger partial charge in [0.25, 0.3) is 0 Å². The fourth-order valence-corrected chi connectivity index (χ4v) is 1.48. The highest BCUT2D eigenvalue weighted by Gasteiger charge is 2.11. The lowest BCUT2D eigenvalue weighted by atomic mass is 10.3. The molecule has 1 aromatic heterocycles. The zero-order valence-electron chi connectivity index (χ0n) is 10.2. The van der Waals surface area contributed by atoms with Gasteiger partial charge in [0.05, 0.1) is 5.69 Å². The normalized spacial score (nSPS) is 11.3. The Hall–Kier alpha value is -0.970. The van der Waals surface area contributed by atoms with Crippen LogP contribution in [0, 0.1) is 0 Å². The van der Waals surface area contributed by atoms with Gasteiger partial charge in [-0.15, -0.1) is 0 Å². The van der Waals surface area contributed by atoms with Gasteiger partial charge in [-0.2, -0.15) is 0 Å². The Morgan fingerprint density at radius 1 is 1.31 bits per heavy atom. The van der Waals surface area contributed by atoms with Crippen LogP contribution in [0.2, 0.25) is 0 Å². The molecule has 0 saturated heterocycles. The van der Waals surface area contributed by atoms with Crippen LogP contribution in [0.15, 0.2) is 24.4 Å². The Bertz CT molecular complexity index is 276. The summed E-state index contributed by atoms with van der Waals surface area (Å²) in [5.74, 6) is 0. The number of pyridine rings is 1. The van der Waals surface area contributed by atoms with Crippen molar-refractivity contribution in [3.05, 3.63) is 30.1 Å². The Kier molecular flexibility index (Phi) is 6.00. The SMILES string of the molecule is CCN(Cc1ccccn1)CC(OC)OC. The summed E-state index contributed by atoms with van der Waals surface area (Å²) in [6, 6.07) is 5.95. The largest absolute Gasteiger partial charge is 0.355 e. The van der Waals surface area contributed by atoms with E-state index in [2.05, 4.69) is 16.8 Å². The van der Waals surface area contributed by atoms with Crippen LogP contribution in [0.1, 0.15) is 12.6 Å². The minimum absolute atomic E-state index is 0.177. The van der Waals surface area contributed by atoms with Gasteiger partial charge in [-0.25, -0.2) is 0 Å². The third kappa shape index (κ3) is 4.26. The Morgan fingerprint density at radius 2 is 2.06 bits per heavy atom. The highest BCUT2D eigenvalue weighted by Crippen LogP contribution is 2.03. The van der Waals surface area contributed by atoms with E-state index in [1.165, 1.54) is 0 Å². The molecule has 0 bridgehead atoms. The van der Waals surface area contributed by atoms with E-state index in [1.54, 1.807) is 14.2 Å². The van der Waals surface area contributed by atoms with E-state index < -0.39 is 0 Å². The van der Waals surface area contributed by atoms with Gasteiger partial charge in [0.1, 0.15) is 0 Å². The number of methoxy groups -OCH3 is 2. The summed E-state index contributed by atoms with van der Waals surface area (Å²) in [6.45, 7) is 4.63. The second kappa shape index (κ2) is 7.33. The molecule has 0 atom stereocenters. The van der Waals surface area contributed by atoms with Crippen molar-refractivity contribution in [3.63, 3.8) is 0 Å². The van der Waals surface area contributed by atoms with E-state index in [0.29, 0.717) is 0 Å². The Labute approximate surface area is 97.2 Å². The summed E-state index contributed by atoms with van der Waals surface area (Å²) in [5.41, 5.74) is 1.07. The van der Waals surface area contributed by atoms with Crippen LogP contribution in [0.25, 0.3) is 0 Å². The topological polar surface area (TPSA) is 34.6 Å². The lowest BCUT2D eigenvalue weighted by Gasteiger charge is -2.24. The molecule has 1 aromatic rings. The van der Waals surface area contributed by atoms with Crippen LogP contribution in [0.3, 0.4) is 0 Å². The minimum Gasteiger partial charge on any atom is -0.355 e. The number of hydrogen-bond donors (Lipinski definition) is 0. The van der Waals surface area contributed by atoms with Crippen molar-refractivity contribution in [3.8, 4) is 0 Å². The van der Waals surface area contributed by atoms with E-state index in [1.807, 2.05) is 24.4 Å². The van der Waals surface area contributed by atoms with Gasteiger partial charge < -0.3 is 9.47 Å². The standard InChI is InChI=1S/C12H20N2O2/c1-4-14(10-12(15-2)16-3)9-11-7-5-6-8-13-11/h5-8,12H,4,9-10H2,1-3H3. The van der Waals surface area contributed by atoms with Crippen LogP contribution in [0.4, 0.5) is 0 Å². The fraction of sp³-hybridized carbons (Fsp3) is 0.583. The molecule has 4 heteroatoms. The second-order valence-electron chi connectivity index (χ2n) is 3.55. The van der Waals surface area contributed by atoms with Gasteiger partial charge >= 0.3 is 0 Å². The van der Waals surface area contributed by atoms with Gasteiger partial charge in [-0.3, -0.25) is 9.88 Å². The monoisotopic (exact) mass is 224 g/mol. The zero-order chi connectivity index (χ0) is 11.8. The van der Waals surface area contributed by atoms with Crippen molar-refractivity contribution in [2.45, 2.75) is 19.8 Å². The molecule has 90 valence electrons. The fourth-order valence-electron chi connectivity index (χ4n) is 1.48. The van der Waals surface area contributed by atoms with Gasteiger partial charge in [0.2, 0.25) is 0 Å². The van der Waals surface area contributed by atoms with E-state index in [-0.39, 0.29) is 6.29 Å². The molecular weight excluding hydrogens is 204 g/mol. The van der Waals surface area contributed by atoms with Crippen molar-refractivity contribution in [2.24, 2.45) is 0 Å². The predicted octanol–water partition coefficient (Wildman–Crippen LogP) is 1.52. The van der Waals surface area contributed by atoms with Gasteiger partial charge in [0, 0.05) is 33.5 Å². The minimum atomic E-state index is -0.177. The van der Waals surface area contributed by atoms with Gasteiger partial charge in [0.15, 0.2) is 6.29 Å². The van der Waals surface area contributed by atoms with Crippen molar-refractivity contribution in [1.29, 1.82) is 0 Å². The van der Waals surface area contributed by atoms with Crippen LogP contribution in [0.5, 0.6) is 0 Å². The van der Waals surface area contributed by atoms with E-state index in [4.69, 9.17) is 9.47 Å². The second-order valence-corrected chi connectivity index (χ2v) is 3.55. The molecule has 0 unspecified atom stereocenters. The van der Waals surface area contributed by atoms with Crippen LogP contribution >= 0.6 is 0 Å². The summed E-state index contributed by atoms with van der Waals surface area (Å²) in [7, 11) is 3.31. The van der Waals surface area contributed by atoms with Crippen LogP contribution in [-0.2, 0) is 16.0 Å². The number of nitrogens with zero attached hydrogens (tertiary/aromatic N) is 2. The number of ether oxygens (including phenoxy) is 2. The molecule has 0 aromatic carbocycles. The molecule has 1 heterocycles. The molecule has 0 fully saturated rings. The predicted molar refractivity (Wildman–Crippen MR) is 63.0 cm³/mol. The summed E-state index contributed by atoms with van der Waals surface area (Å²) in [6.07, 6.45) is 1.64. The molecule has 1 rings (SSSR count). The van der Waals surface area contributed by atoms with E-state index in [9.17, 15) is 0 Å². The molecule has 0 aliphatic carbocycles. The zero-order valence-corrected chi connectivity index (χ0v) is 10.2. The highest BCUT2D eigenvalue weighted by atomic mass is 16.7. The molecule has 0 amide bonds. The number of aromatic nitrogens is 1. The molecular formula is C12H20N2O2. The van der Waals surface area contributed by atoms with Crippen molar-refractivity contribution < 1.29 is 9.47 Å². The highest BCUT2D eigenvalue weighted by molar-refractivity contribution is 5.03. The van der Waals surface area contributed by atoms with Crippen molar-refractivity contribution in [1.82, 2.24) is 9.88 Å². The molecule has 0 aliphatic heterocycles. The van der Waals surface area contributed by atoms with Gasteiger partial charge in [-0.05, 0) is 18.7 Å². The third-order valence-electron chi connectivity index (χ3n) is 2.49. The molecule has 0 spiro atoms. The number of hydrogen-bond acceptors (Lipinski definition) is 4. The molecule has 4 nitrogen and oxygen atoms in total. The maximum Gasteiger partial charge on any atom is 0.169 e. The Morgan fingerprint density at radius 3 is 2.56 bits per heavy atom. The average molecular weight is 224 g/mol. The van der Waals surface area contributed by atoms with E-state index >= 15 is 0 Å². The van der Waals surface area contributed by atoms with Crippen molar-refractivity contribution in [2.75, 3.05) is 27.3 Å². The summed E-state index contributed by atoms with van der Waals surface area (Å²) in [4.78, 5) is 6.54. The summed E-state index contributed by atoms with van der Waals surface area (Å²) >= 11 is 0. The van der Waals surface area contributed by atoms with Gasteiger partial charge in [-0.1, -0.05) is 13.0 Å². The quantitative estimate of drug-likeness (QED) is 0.658.